The molecule has 3 aromatic rings. The van der Waals surface area contributed by atoms with Crippen LogP contribution < -0.4 is 4.90 Å². The van der Waals surface area contributed by atoms with Gasteiger partial charge in [-0.3, -0.25) is 9.48 Å². The van der Waals surface area contributed by atoms with Crippen LogP contribution in [0.3, 0.4) is 0 Å². The molecule has 2 aromatic carbocycles. The fourth-order valence-electron chi connectivity index (χ4n) is 4.25. The van der Waals surface area contributed by atoms with Crippen LogP contribution in [0.25, 0.3) is 22.0 Å². The number of ether oxygens (including phenoxy) is 1. The molecule has 6 nitrogen and oxygen atoms in total. The van der Waals surface area contributed by atoms with Gasteiger partial charge in [0.15, 0.2) is 5.82 Å². The summed E-state index contributed by atoms with van der Waals surface area (Å²) in [6, 6.07) is 11.4. The van der Waals surface area contributed by atoms with Gasteiger partial charge in [0.2, 0.25) is 0 Å². The van der Waals surface area contributed by atoms with Crippen molar-refractivity contribution in [1.82, 2.24) is 9.78 Å². The summed E-state index contributed by atoms with van der Waals surface area (Å²) in [7, 11) is 1.78. The second kappa shape index (κ2) is 8.20. The molecular formula is C25H30FN3O3. The lowest BCUT2D eigenvalue weighted by Crippen LogP contribution is -2.46. The van der Waals surface area contributed by atoms with E-state index in [1.165, 1.54) is 0 Å². The molecule has 4 rings (SSSR count). The zero-order valence-electron chi connectivity index (χ0n) is 19.1. The number of aliphatic hydroxyl groups is 1. The fourth-order valence-corrected chi connectivity index (χ4v) is 4.25. The highest BCUT2D eigenvalue weighted by Gasteiger charge is 2.36. The molecule has 7 heteroatoms. The molecule has 0 aliphatic carbocycles. The maximum Gasteiger partial charge on any atom is 0.309 e. The van der Waals surface area contributed by atoms with Crippen LogP contribution in [-0.2, 0) is 16.6 Å². The molecule has 2 heterocycles. The normalized spacial score (nSPS) is 16.4. The van der Waals surface area contributed by atoms with Gasteiger partial charge in [-0.2, -0.15) is 5.10 Å². The zero-order chi connectivity index (χ0) is 23.1. The van der Waals surface area contributed by atoms with Crippen molar-refractivity contribution in [3.8, 4) is 11.1 Å². The van der Waals surface area contributed by atoms with Crippen molar-refractivity contribution in [2.75, 3.05) is 18.0 Å². The lowest BCUT2D eigenvalue weighted by molar-refractivity contribution is -0.161. The van der Waals surface area contributed by atoms with Gasteiger partial charge in [0.05, 0.1) is 12.0 Å². The third kappa shape index (κ3) is 4.78. The van der Waals surface area contributed by atoms with Gasteiger partial charge in [0, 0.05) is 43.0 Å². The van der Waals surface area contributed by atoms with Crippen LogP contribution in [0, 0.1) is 5.82 Å². The van der Waals surface area contributed by atoms with Crippen molar-refractivity contribution >= 4 is 22.6 Å². The third-order valence-electron chi connectivity index (χ3n) is 5.86. The average molecular weight is 440 g/mol. The van der Waals surface area contributed by atoms with Gasteiger partial charge >= 0.3 is 5.97 Å². The molecule has 0 saturated carbocycles. The van der Waals surface area contributed by atoms with Gasteiger partial charge in [0.25, 0.3) is 0 Å². The number of anilines is 1. The summed E-state index contributed by atoms with van der Waals surface area (Å²) < 4.78 is 21.9. The lowest BCUT2D eigenvalue weighted by atomic mass is 9.88. The topological polar surface area (TPSA) is 67.6 Å². The number of carbonyl (C=O) groups excluding carboxylic acids is 1. The number of rotatable bonds is 4. The number of hydrogen-bond donors (Lipinski definition) is 1. The van der Waals surface area contributed by atoms with E-state index in [0.717, 1.165) is 16.6 Å². The highest BCUT2D eigenvalue weighted by molar-refractivity contribution is 5.85. The number of nitrogens with zero attached hydrogens (tertiary/aromatic N) is 3. The summed E-state index contributed by atoms with van der Waals surface area (Å²) in [4.78, 5) is 14.3. The predicted molar refractivity (Wildman–Crippen MR) is 123 cm³/mol. The first-order valence-electron chi connectivity index (χ1n) is 10.9. The molecule has 0 atom stereocenters. The second-order valence-electron chi connectivity index (χ2n) is 9.69. The van der Waals surface area contributed by atoms with Gasteiger partial charge in [-0.15, -0.1) is 0 Å². The molecule has 1 aliphatic heterocycles. The minimum atomic E-state index is -1.04. The average Bonchev–Trinajstić information content (AvgIpc) is 3.09. The lowest BCUT2D eigenvalue weighted by Gasteiger charge is -2.39. The van der Waals surface area contributed by atoms with E-state index < -0.39 is 11.2 Å². The zero-order valence-corrected chi connectivity index (χ0v) is 19.1. The summed E-state index contributed by atoms with van der Waals surface area (Å²) in [5, 5.41) is 15.8. The quantitative estimate of drug-likeness (QED) is 0.609. The number of esters is 1. The second-order valence-corrected chi connectivity index (χ2v) is 9.69. The standard InChI is InChI=1S/C25H30FN3O3/c1-24(2,3)32-21(30)15-25(31)11-13-29(14-12-25)19-8-5-17(6-9-19)20-10-7-18-16-28(4)27-23(18)22(20)26/h5-10,16,31H,11-15H2,1-4H3. The van der Waals surface area contributed by atoms with E-state index in [2.05, 4.69) is 10.00 Å². The first kappa shape index (κ1) is 22.3. The first-order valence-corrected chi connectivity index (χ1v) is 10.9. The first-order chi connectivity index (χ1) is 15.0. The number of carbonyl (C=O) groups is 1. The number of aryl methyl sites for hydroxylation is 1. The molecule has 1 aromatic heterocycles. The van der Waals surface area contributed by atoms with E-state index in [1.807, 2.05) is 51.1 Å². The number of benzene rings is 2. The minimum absolute atomic E-state index is 0.00627. The summed E-state index contributed by atoms with van der Waals surface area (Å²) >= 11 is 0. The number of fused-ring (bicyclic) bond motifs is 1. The Labute approximate surface area is 187 Å². The molecule has 1 N–H and O–H groups in total. The summed E-state index contributed by atoms with van der Waals surface area (Å²) in [5.41, 5.74) is 1.09. The minimum Gasteiger partial charge on any atom is -0.460 e. The number of hydrogen-bond acceptors (Lipinski definition) is 5. The largest absolute Gasteiger partial charge is 0.460 e. The predicted octanol–water partition coefficient (Wildman–Crippen LogP) is 4.44. The van der Waals surface area contributed by atoms with Crippen LogP contribution in [0.4, 0.5) is 10.1 Å². The SMILES string of the molecule is Cn1cc2ccc(-c3ccc(N4CCC(O)(CC(=O)OC(C)(C)C)CC4)cc3)c(F)c2n1. The summed E-state index contributed by atoms with van der Waals surface area (Å²) in [5.74, 6) is -0.689. The van der Waals surface area contributed by atoms with E-state index in [1.54, 1.807) is 24.0 Å². The van der Waals surface area contributed by atoms with Gasteiger partial charge in [-0.1, -0.05) is 24.3 Å². The Hall–Kier alpha value is -2.93. The highest BCUT2D eigenvalue weighted by Crippen LogP contribution is 2.32. The van der Waals surface area contributed by atoms with E-state index in [9.17, 15) is 14.3 Å². The van der Waals surface area contributed by atoms with Gasteiger partial charge < -0.3 is 14.7 Å². The molecule has 1 fully saturated rings. The molecule has 170 valence electrons. The summed E-state index contributed by atoms with van der Waals surface area (Å²) in [6.07, 6.45) is 2.77. The summed E-state index contributed by atoms with van der Waals surface area (Å²) in [6.45, 7) is 6.73. The van der Waals surface area contributed by atoms with Gasteiger partial charge in [0.1, 0.15) is 11.1 Å². The van der Waals surface area contributed by atoms with Crippen LogP contribution in [-0.4, -0.2) is 45.1 Å². The Bertz CT molecular complexity index is 1120. The maximum absolute atomic E-state index is 15.0. The molecule has 1 saturated heterocycles. The van der Waals surface area contributed by atoms with E-state index in [4.69, 9.17) is 4.74 Å². The van der Waals surface area contributed by atoms with Crippen LogP contribution in [0.2, 0.25) is 0 Å². The van der Waals surface area contributed by atoms with Crippen LogP contribution >= 0.6 is 0 Å². The molecule has 32 heavy (non-hydrogen) atoms. The molecule has 0 bridgehead atoms. The Balaban J connectivity index is 1.42. The smallest absolute Gasteiger partial charge is 0.309 e. The Morgan fingerprint density at radius 1 is 1.16 bits per heavy atom. The van der Waals surface area contributed by atoms with Crippen LogP contribution in [0.1, 0.15) is 40.0 Å². The van der Waals surface area contributed by atoms with E-state index >= 15 is 0 Å². The highest BCUT2D eigenvalue weighted by atomic mass is 19.1. The van der Waals surface area contributed by atoms with Crippen molar-refractivity contribution in [2.45, 2.75) is 51.2 Å². The van der Waals surface area contributed by atoms with Gasteiger partial charge in [-0.25, -0.2) is 4.39 Å². The molecule has 0 spiro atoms. The fraction of sp³-hybridized carbons (Fsp3) is 0.440. The Morgan fingerprint density at radius 3 is 2.44 bits per heavy atom. The van der Waals surface area contributed by atoms with Crippen molar-refractivity contribution in [2.24, 2.45) is 7.05 Å². The third-order valence-corrected chi connectivity index (χ3v) is 5.86. The molecule has 0 amide bonds. The molecular weight excluding hydrogens is 409 g/mol. The molecule has 0 unspecified atom stereocenters. The van der Waals surface area contributed by atoms with Crippen LogP contribution in [0.5, 0.6) is 0 Å². The monoisotopic (exact) mass is 439 g/mol. The van der Waals surface area contributed by atoms with Crippen molar-refractivity contribution < 1.29 is 19.0 Å². The maximum atomic E-state index is 15.0. The van der Waals surface area contributed by atoms with E-state index in [-0.39, 0.29) is 18.2 Å². The number of halogens is 1. The van der Waals surface area contributed by atoms with Crippen molar-refractivity contribution in [3.05, 3.63) is 48.4 Å². The Morgan fingerprint density at radius 2 is 1.81 bits per heavy atom. The van der Waals surface area contributed by atoms with Crippen molar-refractivity contribution in [3.63, 3.8) is 0 Å². The molecule has 1 aliphatic rings. The molecule has 0 radical (unpaired) electrons. The van der Waals surface area contributed by atoms with E-state index in [0.29, 0.717) is 37.0 Å². The number of aromatic nitrogens is 2. The van der Waals surface area contributed by atoms with Crippen LogP contribution in [0.15, 0.2) is 42.6 Å². The van der Waals surface area contributed by atoms with Gasteiger partial charge in [-0.05, 0) is 51.3 Å². The Kier molecular flexibility index (Phi) is 5.71. The number of piperidine rings is 1. The van der Waals surface area contributed by atoms with Crippen molar-refractivity contribution in [1.29, 1.82) is 0 Å².